The number of amides is 1. The number of hydrogen-bond donors (Lipinski definition) is 1. The van der Waals surface area contributed by atoms with E-state index in [9.17, 15) is 4.79 Å². The molecule has 1 aromatic rings. The van der Waals surface area contributed by atoms with Crippen molar-refractivity contribution < 1.29 is 4.79 Å². The van der Waals surface area contributed by atoms with Crippen LogP contribution in [0.4, 0.5) is 5.69 Å². The molecule has 0 spiro atoms. The third kappa shape index (κ3) is 2.99. The highest BCUT2D eigenvalue weighted by atomic mass is 16.2. The molecule has 0 aromatic heterocycles. The van der Waals surface area contributed by atoms with Gasteiger partial charge in [-0.1, -0.05) is 25.0 Å². The zero-order chi connectivity index (χ0) is 12.3. The van der Waals surface area contributed by atoms with Crippen LogP contribution < -0.4 is 5.73 Å². The van der Waals surface area contributed by atoms with Crippen molar-refractivity contribution >= 4 is 11.6 Å². The van der Waals surface area contributed by atoms with Crippen LogP contribution in [0.2, 0.25) is 0 Å². The van der Waals surface area contributed by atoms with Gasteiger partial charge in [-0.25, -0.2) is 0 Å². The van der Waals surface area contributed by atoms with Crippen molar-refractivity contribution in [1.82, 2.24) is 4.90 Å². The van der Waals surface area contributed by atoms with Gasteiger partial charge in [0.1, 0.15) is 0 Å². The van der Waals surface area contributed by atoms with Crippen molar-refractivity contribution in [2.24, 2.45) is 0 Å². The van der Waals surface area contributed by atoms with Crippen LogP contribution in [0.25, 0.3) is 0 Å². The third-order valence-corrected chi connectivity index (χ3v) is 3.60. The maximum atomic E-state index is 12.1. The lowest BCUT2D eigenvalue weighted by molar-refractivity contribution is -0.131. The fourth-order valence-electron chi connectivity index (χ4n) is 2.43. The summed E-state index contributed by atoms with van der Waals surface area (Å²) in [6.45, 7) is 0. The Kier molecular flexibility index (Phi) is 3.67. The third-order valence-electron chi connectivity index (χ3n) is 3.60. The first-order valence-corrected chi connectivity index (χ1v) is 6.27. The minimum Gasteiger partial charge on any atom is -0.399 e. The highest BCUT2D eigenvalue weighted by molar-refractivity contribution is 5.79. The van der Waals surface area contributed by atoms with E-state index in [0.29, 0.717) is 12.5 Å². The largest absolute Gasteiger partial charge is 0.399 e. The molecule has 0 radical (unpaired) electrons. The minimum atomic E-state index is 0.210. The monoisotopic (exact) mass is 232 g/mol. The van der Waals surface area contributed by atoms with E-state index < -0.39 is 0 Å². The Morgan fingerprint density at radius 3 is 2.47 bits per heavy atom. The number of carbonyl (C=O) groups is 1. The number of likely N-dealkylation sites (N-methyl/N-ethyl adjacent to an activating group) is 1. The lowest BCUT2D eigenvalue weighted by Gasteiger charge is -2.24. The van der Waals surface area contributed by atoms with Crippen LogP contribution in [0.5, 0.6) is 0 Å². The quantitative estimate of drug-likeness (QED) is 0.812. The zero-order valence-electron chi connectivity index (χ0n) is 10.4. The molecular formula is C14H20N2O. The number of nitrogen functional groups attached to an aromatic ring is 1. The SMILES string of the molecule is CN(C(=O)Cc1ccc(N)cc1)C1CCCC1. The Morgan fingerprint density at radius 2 is 1.88 bits per heavy atom. The van der Waals surface area contributed by atoms with Crippen molar-refractivity contribution in [3.8, 4) is 0 Å². The van der Waals surface area contributed by atoms with Crippen LogP contribution >= 0.6 is 0 Å². The molecule has 0 saturated heterocycles. The second-order valence-electron chi connectivity index (χ2n) is 4.86. The molecule has 0 bridgehead atoms. The van der Waals surface area contributed by atoms with E-state index in [-0.39, 0.29) is 5.91 Å². The predicted molar refractivity (Wildman–Crippen MR) is 69.6 cm³/mol. The molecule has 0 unspecified atom stereocenters. The van der Waals surface area contributed by atoms with E-state index >= 15 is 0 Å². The lowest BCUT2D eigenvalue weighted by Crippen LogP contribution is -2.36. The summed E-state index contributed by atoms with van der Waals surface area (Å²) in [6.07, 6.45) is 5.30. The standard InChI is InChI=1S/C14H20N2O/c1-16(13-4-2-3-5-13)14(17)10-11-6-8-12(15)9-7-11/h6-9,13H,2-5,10,15H2,1H3. The highest BCUT2D eigenvalue weighted by Gasteiger charge is 2.23. The smallest absolute Gasteiger partial charge is 0.226 e. The average Bonchev–Trinajstić information content (AvgIpc) is 2.84. The summed E-state index contributed by atoms with van der Waals surface area (Å²) in [5.74, 6) is 0.210. The molecule has 0 atom stereocenters. The predicted octanol–water partition coefficient (Wildman–Crippen LogP) is 2.21. The summed E-state index contributed by atoms with van der Waals surface area (Å²) in [4.78, 5) is 14.0. The molecule has 92 valence electrons. The van der Waals surface area contributed by atoms with Crippen LogP contribution in [-0.2, 0) is 11.2 Å². The summed E-state index contributed by atoms with van der Waals surface area (Å²) in [5.41, 5.74) is 7.40. The van der Waals surface area contributed by atoms with E-state index in [4.69, 9.17) is 5.73 Å². The maximum Gasteiger partial charge on any atom is 0.226 e. The number of anilines is 1. The van der Waals surface area contributed by atoms with Crippen LogP contribution in [-0.4, -0.2) is 23.9 Å². The van der Waals surface area contributed by atoms with Crippen LogP contribution in [0, 0.1) is 0 Å². The second kappa shape index (κ2) is 5.21. The van der Waals surface area contributed by atoms with Gasteiger partial charge in [0.15, 0.2) is 0 Å². The summed E-state index contributed by atoms with van der Waals surface area (Å²) in [5, 5.41) is 0. The van der Waals surface area contributed by atoms with Gasteiger partial charge >= 0.3 is 0 Å². The molecule has 3 nitrogen and oxygen atoms in total. The molecule has 0 heterocycles. The Bertz CT molecular complexity index is 380. The molecule has 2 rings (SSSR count). The van der Waals surface area contributed by atoms with Gasteiger partial charge in [-0.15, -0.1) is 0 Å². The summed E-state index contributed by atoms with van der Waals surface area (Å²) in [7, 11) is 1.93. The van der Waals surface area contributed by atoms with Gasteiger partial charge in [-0.3, -0.25) is 4.79 Å². The van der Waals surface area contributed by atoms with Crippen molar-refractivity contribution in [1.29, 1.82) is 0 Å². The Hall–Kier alpha value is -1.51. The van der Waals surface area contributed by atoms with Crippen molar-refractivity contribution in [2.45, 2.75) is 38.1 Å². The number of carbonyl (C=O) groups excluding carboxylic acids is 1. The number of nitrogens with two attached hydrogens (primary N) is 1. The molecule has 17 heavy (non-hydrogen) atoms. The number of nitrogens with zero attached hydrogens (tertiary/aromatic N) is 1. The minimum absolute atomic E-state index is 0.210. The lowest BCUT2D eigenvalue weighted by atomic mass is 10.1. The first-order chi connectivity index (χ1) is 8.16. The summed E-state index contributed by atoms with van der Waals surface area (Å²) in [6, 6.07) is 8.00. The molecule has 3 heteroatoms. The van der Waals surface area contributed by atoms with E-state index in [1.54, 1.807) is 0 Å². The van der Waals surface area contributed by atoms with Gasteiger partial charge in [0.2, 0.25) is 5.91 Å². The van der Waals surface area contributed by atoms with Gasteiger partial charge in [-0.05, 0) is 30.5 Å². The second-order valence-corrected chi connectivity index (χ2v) is 4.86. The van der Waals surface area contributed by atoms with Crippen LogP contribution in [0.15, 0.2) is 24.3 Å². The molecule has 2 N–H and O–H groups in total. The molecule has 1 aliphatic rings. The van der Waals surface area contributed by atoms with E-state index in [1.165, 1.54) is 12.8 Å². The Labute approximate surface area is 103 Å². The average molecular weight is 232 g/mol. The topological polar surface area (TPSA) is 46.3 Å². The number of rotatable bonds is 3. The highest BCUT2D eigenvalue weighted by Crippen LogP contribution is 2.22. The van der Waals surface area contributed by atoms with Crippen LogP contribution in [0.1, 0.15) is 31.2 Å². The number of hydrogen-bond acceptors (Lipinski definition) is 2. The summed E-state index contributed by atoms with van der Waals surface area (Å²) >= 11 is 0. The van der Waals surface area contributed by atoms with Gasteiger partial charge in [0.05, 0.1) is 6.42 Å². The van der Waals surface area contributed by atoms with Gasteiger partial charge in [0, 0.05) is 18.8 Å². The van der Waals surface area contributed by atoms with Gasteiger partial charge in [-0.2, -0.15) is 0 Å². The molecule has 1 saturated carbocycles. The zero-order valence-corrected chi connectivity index (χ0v) is 10.4. The van der Waals surface area contributed by atoms with Crippen molar-refractivity contribution in [3.05, 3.63) is 29.8 Å². The maximum absolute atomic E-state index is 12.1. The molecule has 0 aliphatic heterocycles. The Morgan fingerprint density at radius 1 is 1.29 bits per heavy atom. The van der Waals surface area contributed by atoms with Gasteiger partial charge in [0.25, 0.3) is 0 Å². The van der Waals surface area contributed by atoms with E-state index in [0.717, 1.165) is 24.1 Å². The Balaban J connectivity index is 1.93. The number of benzene rings is 1. The molecule has 1 fully saturated rings. The first kappa shape index (κ1) is 12.0. The summed E-state index contributed by atoms with van der Waals surface area (Å²) < 4.78 is 0. The fourth-order valence-corrected chi connectivity index (χ4v) is 2.43. The van der Waals surface area contributed by atoms with E-state index in [2.05, 4.69) is 0 Å². The van der Waals surface area contributed by atoms with Gasteiger partial charge < -0.3 is 10.6 Å². The first-order valence-electron chi connectivity index (χ1n) is 6.27. The van der Waals surface area contributed by atoms with Crippen molar-refractivity contribution in [2.75, 3.05) is 12.8 Å². The van der Waals surface area contributed by atoms with Crippen molar-refractivity contribution in [3.63, 3.8) is 0 Å². The molecule has 1 aromatic carbocycles. The normalized spacial score (nSPS) is 16.1. The van der Waals surface area contributed by atoms with E-state index in [1.807, 2.05) is 36.2 Å². The molecule has 1 aliphatic carbocycles. The van der Waals surface area contributed by atoms with Crippen LogP contribution in [0.3, 0.4) is 0 Å². The fraction of sp³-hybridized carbons (Fsp3) is 0.500. The molecular weight excluding hydrogens is 212 g/mol. The molecule has 1 amide bonds.